The van der Waals surface area contributed by atoms with Crippen LogP contribution in [0, 0.1) is 5.92 Å². The molecule has 2 heterocycles. The van der Waals surface area contributed by atoms with E-state index in [2.05, 4.69) is 17.2 Å². The van der Waals surface area contributed by atoms with E-state index in [1.54, 1.807) is 6.20 Å². The van der Waals surface area contributed by atoms with Gasteiger partial charge in [0.05, 0.1) is 18.8 Å². The predicted octanol–water partition coefficient (Wildman–Crippen LogP) is 1.59. The molecule has 2 unspecified atom stereocenters. The van der Waals surface area contributed by atoms with Crippen molar-refractivity contribution in [2.24, 2.45) is 13.0 Å². The molecular weight excluding hydrogens is 226 g/mol. The highest BCUT2D eigenvalue weighted by Crippen LogP contribution is 2.19. The molecule has 0 spiro atoms. The van der Waals surface area contributed by atoms with Crippen LogP contribution < -0.4 is 5.32 Å². The summed E-state index contributed by atoms with van der Waals surface area (Å²) < 4.78 is 7.41. The SMILES string of the molecule is CC1OCCC1CNCc1ncc(Cl)n1C. The third-order valence-electron chi connectivity index (χ3n) is 3.25. The van der Waals surface area contributed by atoms with Crippen molar-refractivity contribution in [3.63, 3.8) is 0 Å². The van der Waals surface area contributed by atoms with E-state index in [9.17, 15) is 0 Å². The van der Waals surface area contributed by atoms with Gasteiger partial charge in [-0.3, -0.25) is 0 Å². The summed E-state index contributed by atoms with van der Waals surface area (Å²) in [6, 6.07) is 0. The summed E-state index contributed by atoms with van der Waals surface area (Å²) in [4.78, 5) is 4.24. The number of halogens is 1. The minimum absolute atomic E-state index is 0.373. The largest absolute Gasteiger partial charge is 0.378 e. The van der Waals surface area contributed by atoms with Gasteiger partial charge in [-0.05, 0) is 19.3 Å². The van der Waals surface area contributed by atoms with Gasteiger partial charge in [0.2, 0.25) is 0 Å². The summed E-state index contributed by atoms with van der Waals surface area (Å²) in [7, 11) is 1.92. The molecular formula is C11H18ClN3O. The number of nitrogens with zero attached hydrogens (tertiary/aromatic N) is 2. The summed E-state index contributed by atoms with van der Waals surface area (Å²) in [5.74, 6) is 1.59. The Balaban J connectivity index is 1.77. The first kappa shape index (κ1) is 11.9. The van der Waals surface area contributed by atoms with Crippen molar-refractivity contribution in [2.75, 3.05) is 13.2 Å². The van der Waals surface area contributed by atoms with E-state index >= 15 is 0 Å². The monoisotopic (exact) mass is 243 g/mol. The smallest absolute Gasteiger partial charge is 0.128 e. The molecule has 1 aliphatic heterocycles. The zero-order valence-corrected chi connectivity index (χ0v) is 10.5. The van der Waals surface area contributed by atoms with Crippen LogP contribution >= 0.6 is 11.6 Å². The molecule has 16 heavy (non-hydrogen) atoms. The third-order valence-corrected chi connectivity index (χ3v) is 3.60. The molecule has 0 saturated carbocycles. The van der Waals surface area contributed by atoms with Crippen LogP contribution in [0.1, 0.15) is 19.2 Å². The molecule has 1 N–H and O–H groups in total. The van der Waals surface area contributed by atoms with Gasteiger partial charge in [0.25, 0.3) is 0 Å². The van der Waals surface area contributed by atoms with Crippen LogP contribution in [-0.2, 0) is 18.3 Å². The van der Waals surface area contributed by atoms with Gasteiger partial charge < -0.3 is 14.6 Å². The van der Waals surface area contributed by atoms with E-state index in [0.29, 0.717) is 17.2 Å². The topological polar surface area (TPSA) is 39.1 Å². The first-order valence-corrected chi connectivity index (χ1v) is 6.04. The zero-order valence-electron chi connectivity index (χ0n) is 9.74. The first-order valence-electron chi connectivity index (χ1n) is 5.67. The van der Waals surface area contributed by atoms with Crippen molar-refractivity contribution in [3.05, 3.63) is 17.2 Å². The molecule has 5 heteroatoms. The van der Waals surface area contributed by atoms with Gasteiger partial charge in [-0.25, -0.2) is 4.98 Å². The molecule has 0 aliphatic carbocycles. The fourth-order valence-corrected chi connectivity index (χ4v) is 2.15. The lowest BCUT2D eigenvalue weighted by Gasteiger charge is -2.14. The molecule has 1 aromatic rings. The minimum atomic E-state index is 0.373. The third kappa shape index (κ3) is 2.56. The summed E-state index contributed by atoms with van der Waals surface area (Å²) in [6.45, 7) is 4.76. The molecule has 1 aliphatic rings. The molecule has 1 fully saturated rings. The second-order valence-corrected chi connectivity index (χ2v) is 4.70. The van der Waals surface area contributed by atoms with Crippen molar-refractivity contribution in [3.8, 4) is 0 Å². The number of imidazole rings is 1. The Labute approximate surface area is 101 Å². The van der Waals surface area contributed by atoms with Crippen LogP contribution in [0.15, 0.2) is 6.20 Å². The van der Waals surface area contributed by atoms with Crippen molar-refractivity contribution in [1.29, 1.82) is 0 Å². The molecule has 0 bridgehead atoms. The van der Waals surface area contributed by atoms with Crippen LogP contribution in [0.5, 0.6) is 0 Å². The molecule has 90 valence electrons. The molecule has 0 aromatic carbocycles. The van der Waals surface area contributed by atoms with Crippen LogP contribution in [0.25, 0.3) is 0 Å². The summed E-state index contributed by atoms with van der Waals surface area (Å²) in [5.41, 5.74) is 0. The standard InChI is InChI=1S/C11H18ClN3O/c1-8-9(3-4-16-8)5-13-7-11-14-6-10(12)15(11)2/h6,8-9,13H,3-5,7H2,1-2H3. The molecule has 1 saturated heterocycles. The Morgan fingerprint density at radius 3 is 3.06 bits per heavy atom. The Morgan fingerprint density at radius 1 is 1.69 bits per heavy atom. The van der Waals surface area contributed by atoms with E-state index < -0.39 is 0 Å². The average Bonchev–Trinajstić information content (AvgIpc) is 2.80. The predicted molar refractivity (Wildman–Crippen MR) is 63.4 cm³/mol. The fourth-order valence-electron chi connectivity index (χ4n) is 2.00. The van der Waals surface area contributed by atoms with Crippen LogP contribution in [-0.4, -0.2) is 28.8 Å². The van der Waals surface area contributed by atoms with Crippen LogP contribution in [0.2, 0.25) is 5.15 Å². The zero-order chi connectivity index (χ0) is 11.5. The van der Waals surface area contributed by atoms with E-state index in [4.69, 9.17) is 16.3 Å². The lowest BCUT2D eigenvalue weighted by molar-refractivity contribution is 0.105. The van der Waals surface area contributed by atoms with E-state index in [-0.39, 0.29) is 0 Å². The fraction of sp³-hybridized carbons (Fsp3) is 0.727. The molecule has 4 nitrogen and oxygen atoms in total. The van der Waals surface area contributed by atoms with E-state index in [1.807, 2.05) is 11.6 Å². The molecule has 1 aromatic heterocycles. The molecule has 2 atom stereocenters. The Bertz CT molecular complexity index is 353. The lowest BCUT2D eigenvalue weighted by Crippen LogP contribution is -2.27. The number of ether oxygens (including phenoxy) is 1. The highest BCUT2D eigenvalue weighted by Gasteiger charge is 2.23. The van der Waals surface area contributed by atoms with Gasteiger partial charge in [0.1, 0.15) is 11.0 Å². The maximum atomic E-state index is 5.91. The number of hydrogen-bond acceptors (Lipinski definition) is 3. The molecule has 0 radical (unpaired) electrons. The highest BCUT2D eigenvalue weighted by atomic mass is 35.5. The summed E-state index contributed by atoms with van der Waals surface area (Å²) in [5, 5.41) is 4.08. The molecule has 0 amide bonds. The lowest BCUT2D eigenvalue weighted by atomic mass is 10.0. The average molecular weight is 244 g/mol. The number of aromatic nitrogens is 2. The van der Waals surface area contributed by atoms with E-state index in [0.717, 1.165) is 31.9 Å². The highest BCUT2D eigenvalue weighted by molar-refractivity contribution is 6.29. The second kappa shape index (κ2) is 5.17. The van der Waals surface area contributed by atoms with Gasteiger partial charge in [-0.1, -0.05) is 11.6 Å². The van der Waals surface area contributed by atoms with E-state index in [1.165, 1.54) is 0 Å². The van der Waals surface area contributed by atoms with Gasteiger partial charge in [0.15, 0.2) is 0 Å². The number of rotatable bonds is 4. The van der Waals surface area contributed by atoms with Crippen LogP contribution in [0.4, 0.5) is 0 Å². The number of nitrogens with one attached hydrogen (secondary N) is 1. The second-order valence-electron chi connectivity index (χ2n) is 4.31. The Hall–Kier alpha value is -0.580. The van der Waals surface area contributed by atoms with Gasteiger partial charge in [-0.15, -0.1) is 0 Å². The van der Waals surface area contributed by atoms with Crippen molar-refractivity contribution < 1.29 is 4.74 Å². The first-order chi connectivity index (χ1) is 7.68. The normalized spacial score (nSPS) is 25.2. The van der Waals surface area contributed by atoms with Crippen molar-refractivity contribution >= 4 is 11.6 Å². The quantitative estimate of drug-likeness (QED) is 0.873. The van der Waals surface area contributed by atoms with Gasteiger partial charge >= 0.3 is 0 Å². The Kier molecular flexibility index (Phi) is 3.84. The minimum Gasteiger partial charge on any atom is -0.378 e. The van der Waals surface area contributed by atoms with Crippen molar-refractivity contribution in [2.45, 2.75) is 26.0 Å². The molecule has 2 rings (SSSR count). The van der Waals surface area contributed by atoms with Crippen molar-refractivity contribution in [1.82, 2.24) is 14.9 Å². The number of hydrogen-bond donors (Lipinski definition) is 1. The summed E-state index contributed by atoms with van der Waals surface area (Å²) in [6.07, 6.45) is 3.20. The van der Waals surface area contributed by atoms with Crippen LogP contribution in [0.3, 0.4) is 0 Å². The van der Waals surface area contributed by atoms with Gasteiger partial charge in [-0.2, -0.15) is 0 Å². The maximum absolute atomic E-state index is 5.91. The Morgan fingerprint density at radius 2 is 2.50 bits per heavy atom. The summed E-state index contributed by atoms with van der Waals surface area (Å²) >= 11 is 5.91. The maximum Gasteiger partial charge on any atom is 0.128 e. The van der Waals surface area contributed by atoms with Gasteiger partial charge in [0, 0.05) is 20.2 Å².